The molecule has 0 aliphatic carbocycles. The molecule has 1 aromatic heterocycles. The monoisotopic (exact) mass is 472 g/mol. The smallest absolute Gasteiger partial charge is 0.396 e. The lowest BCUT2D eigenvalue weighted by Gasteiger charge is -2.17. The maximum atomic E-state index is 13.4. The van der Waals surface area contributed by atoms with Gasteiger partial charge in [-0.15, -0.1) is 0 Å². The zero-order valence-corrected chi connectivity index (χ0v) is 18.8. The van der Waals surface area contributed by atoms with Crippen LogP contribution in [-0.4, -0.2) is 5.97 Å². The van der Waals surface area contributed by atoms with Gasteiger partial charge in [0.1, 0.15) is 11.7 Å². The fourth-order valence-electron chi connectivity index (χ4n) is 3.82. The van der Waals surface area contributed by atoms with Gasteiger partial charge in [-0.05, 0) is 23.3 Å². The van der Waals surface area contributed by atoms with E-state index in [1.54, 1.807) is 18.2 Å². The maximum Gasteiger partial charge on any atom is 0.396 e. The molecule has 0 N–H and O–H groups in total. The minimum atomic E-state index is -0.602. The molecule has 0 fully saturated rings. The molecular weight excluding hydrogens is 456 g/mol. The van der Waals surface area contributed by atoms with Crippen molar-refractivity contribution in [3.05, 3.63) is 123 Å². The average molecular weight is 473 g/mol. The molecule has 33 heavy (non-hydrogen) atoms. The molecule has 0 atom stereocenters. The number of halogens is 1. The fraction of sp³-hybridized carbons (Fsp3) is 0.0370. The number of fused-ring (bicyclic) bond motifs is 1. The van der Waals surface area contributed by atoms with Crippen molar-refractivity contribution in [2.75, 3.05) is 0 Å². The van der Waals surface area contributed by atoms with Gasteiger partial charge in [0, 0.05) is 22.2 Å². The van der Waals surface area contributed by atoms with Crippen LogP contribution in [0.4, 0.5) is 0 Å². The minimum Gasteiger partial charge on any atom is -0.426 e. The Labute approximate surface area is 198 Å². The van der Waals surface area contributed by atoms with Gasteiger partial charge in [-0.3, -0.25) is 4.79 Å². The van der Waals surface area contributed by atoms with Crippen LogP contribution in [0.15, 0.2) is 106 Å². The van der Waals surface area contributed by atoms with Crippen LogP contribution in [0.2, 0.25) is 5.02 Å². The number of ether oxygens (including phenoxy) is 1. The normalized spacial score (nSPS) is 11.1. The molecule has 0 spiro atoms. The second-order valence-corrected chi connectivity index (χ2v) is 8.79. The highest BCUT2D eigenvalue weighted by Crippen LogP contribution is 2.38. The van der Waals surface area contributed by atoms with Crippen molar-refractivity contribution in [1.29, 1.82) is 0 Å². The first kappa shape index (κ1) is 21.2. The molecule has 5 aromatic rings. The van der Waals surface area contributed by atoms with Gasteiger partial charge >= 0.3 is 10.9 Å². The molecule has 0 aliphatic heterocycles. The number of hydrogen-bond acceptors (Lipinski definition) is 5. The van der Waals surface area contributed by atoms with Gasteiger partial charge in [-0.25, -0.2) is 4.79 Å². The van der Waals surface area contributed by atoms with Crippen molar-refractivity contribution >= 4 is 39.2 Å². The lowest BCUT2D eigenvalue weighted by atomic mass is 9.91. The summed E-state index contributed by atoms with van der Waals surface area (Å²) >= 11 is 7.36. The van der Waals surface area contributed by atoms with Crippen LogP contribution in [0.1, 0.15) is 17.0 Å². The number of benzene rings is 4. The second-order valence-electron chi connectivity index (χ2n) is 7.41. The van der Waals surface area contributed by atoms with Crippen LogP contribution >= 0.6 is 22.9 Å². The van der Waals surface area contributed by atoms with Crippen molar-refractivity contribution < 1.29 is 13.9 Å². The van der Waals surface area contributed by atoms with Gasteiger partial charge in [0.2, 0.25) is 0 Å². The lowest BCUT2D eigenvalue weighted by Crippen LogP contribution is -2.20. The molecule has 0 radical (unpaired) electrons. The summed E-state index contributed by atoms with van der Waals surface area (Å²) in [5, 5.41) is 0.502. The first-order valence-corrected chi connectivity index (χ1v) is 11.4. The summed E-state index contributed by atoms with van der Waals surface area (Å²) < 4.78 is 11.9. The molecule has 0 bridgehead atoms. The van der Waals surface area contributed by atoms with E-state index in [0.717, 1.165) is 22.5 Å². The molecule has 162 valence electrons. The van der Waals surface area contributed by atoms with E-state index in [-0.39, 0.29) is 0 Å². The van der Waals surface area contributed by atoms with Crippen LogP contribution in [-0.2, 0) is 4.79 Å². The van der Waals surface area contributed by atoms with Gasteiger partial charge in [-0.2, -0.15) is 0 Å². The minimum absolute atomic E-state index is 0.316. The largest absolute Gasteiger partial charge is 0.426 e. The Kier molecular flexibility index (Phi) is 5.82. The van der Waals surface area contributed by atoms with E-state index in [0.29, 0.717) is 32.2 Å². The third-order valence-corrected chi connectivity index (χ3v) is 6.39. The van der Waals surface area contributed by atoms with Crippen LogP contribution < -0.4 is 9.68 Å². The molecule has 0 unspecified atom stereocenters. The summed E-state index contributed by atoms with van der Waals surface area (Å²) in [4.78, 5) is 25.0. The van der Waals surface area contributed by atoms with Crippen LogP contribution in [0.3, 0.4) is 0 Å². The molecule has 0 saturated carbocycles. The Balaban J connectivity index is 1.59. The fourth-order valence-corrected chi connectivity index (χ4v) is 4.78. The molecule has 4 aromatic carbocycles. The molecule has 5 rings (SSSR count). The highest BCUT2D eigenvalue weighted by atomic mass is 35.5. The highest BCUT2D eigenvalue weighted by molar-refractivity contribution is 7.16. The van der Waals surface area contributed by atoms with Crippen LogP contribution in [0.5, 0.6) is 5.75 Å². The van der Waals surface area contributed by atoms with Crippen molar-refractivity contribution in [2.24, 2.45) is 0 Å². The molecule has 0 saturated heterocycles. The standard InChI is InChI=1S/C27H17ClO4S/c28-22-14-8-7-13-20(22)21-15-19(16-23-25(21)32-27(30)33-23)31-26(29)24(17-9-3-1-4-10-17)18-11-5-2-6-12-18/h1-16,24H. The Morgan fingerprint density at radius 1 is 0.818 bits per heavy atom. The van der Waals surface area contributed by atoms with Crippen molar-refractivity contribution in [1.82, 2.24) is 0 Å². The molecule has 0 amide bonds. The summed E-state index contributed by atoms with van der Waals surface area (Å²) in [7, 11) is 0. The Morgan fingerprint density at radius 3 is 2.06 bits per heavy atom. The number of rotatable bonds is 5. The Hall–Kier alpha value is -3.67. The second kappa shape index (κ2) is 9.06. The number of esters is 1. The number of carbonyl (C=O) groups excluding carboxylic acids is 1. The van der Waals surface area contributed by atoms with Gasteiger partial charge < -0.3 is 9.15 Å². The van der Waals surface area contributed by atoms with E-state index in [9.17, 15) is 9.59 Å². The summed E-state index contributed by atoms with van der Waals surface area (Å²) in [6.45, 7) is 0. The molecule has 0 aliphatic rings. The Morgan fingerprint density at radius 2 is 1.42 bits per heavy atom. The maximum absolute atomic E-state index is 13.4. The van der Waals surface area contributed by atoms with E-state index in [1.807, 2.05) is 78.9 Å². The third-order valence-electron chi connectivity index (χ3n) is 5.29. The molecule has 1 heterocycles. The lowest BCUT2D eigenvalue weighted by molar-refractivity contribution is -0.135. The highest BCUT2D eigenvalue weighted by Gasteiger charge is 2.25. The van der Waals surface area contributed by atoms with E-state index in [4.69, 9.17) is 20.8 Å². The third kappa shape index (κ3) is 4.33. The predicted octanol–water partition coefficient (Wildman–Crippen LogP) is 6.91. The van der Waals surface area contributed by atoms with E-state index in [2.05, 4.69) is 0 Å². The van der Waals surface area contributed by atoms with E-state index < -0.39 is 16.8 Å². The average Bonchev–Trinajstić information content (AvgIpc) is 3.20. The van der Waals surface area contributed by atoms with Crippen molar-refractivity contribution in [2.45, 2.75) is 5.92 Å². The number of carbonyl (C=O) groups is 1. The first-order chi connectivity index (χ1) is 16.1. The van der Waals surface area contributed by atoms with Gasteiger partial charge in [-0.1, -0.05) is 102 Å². The first-order valence-electron chi connectivity index (χ1n) is 10.2. The van der Waals surface area contributed by atoms with Crippen molar-refractivity contribution in [3.8, 4) is 16.9 Å². The quantitative estimate of drug-likeness (QED) is 0.206. The number of hydrogen-bond donors (Lipinski definition) is 0. The zero-order valence-electron chi connectivity index (χ0n) is 17.2. The summed E-state index contributed by atoms with van der Waals surface area (Å²) in [6, 6.07) is 29.6. The molecule has 4 nitrogen and oxygen atoms in total. The Bertz CT molecular complexity index is 1450. The summed E-state index contributed by atoms with van der Waals surface area (Å²) in [5.74, 6) is -0.709. The molecule has 6 heteroatoms. The SMILES string of the molecule is O=C(Oc1cc(-c2ccccc2Cl)c2oc(=O)sc2c1)C(c1ccccc1)c1ccccc1. The van der Waals surface area contributed by atoms with E-state index in [1.165, 1.54) is 0 Å². The summed E-state index contributed by atoms with van der Waals surface area (Å²) in [5.41, 5.74) is 3.35. The van der Waals surface area contributed by atoms with Crippen molar-refractivity contribution in [3.63, 3.8) is 0 Å². The van der Waals surface area contributed by atoms with Gasteiger partial charge in [0.05, 0.1) is 4.70 Å². The summed E-state index contributed by atoms with van der Waals surface area (Å²) in [6.07, 6.45) is 0. The van der Waals surface area contributed by atoms with Gasteiger partial charge in [0.15, 0.2) is 5.58 Å². The zero-order chi connectivity index (χ0) is 22.8. The predicted molar refractivity (Wildman–Crippen MR) is 131 cm³/mol. The van der Waals surface area contributed by atoms with Crippen LogP contribution in [0, 0.1) is 0 Å². The molecular formula is C27H17ClO4S. The van der Waals surface area contributed by atoms with Gasteiger partial charge in [0.25, 0.3) is 0 Å². The van der Waals surface area contributed by atoms with E-state index >= 15 is 0 Å². The topological polar surface area (TPSA) is 56.5 Å². The van der Waals surface area contributed by atoms with Crippen LogP contribution in [0.25, 0.3) is 21.4 Å².